The zero-order valence-electron chi connectivity index (χ0n) is 16.9. The number of nitrogens with zero attached hydrogens (tertiary/aromatic N) is 2. The average molecular weight is 473 g/mol. The summed E-state index contributed by atoms with van der Waals surface area (Å²) in [5, 5.41) is 0. The van der Waals surface area contributed by atoms with E-state index in [1.807, 2.05) is 24.3 Å². The predicted octanol–water partition coefficient (Wildman–Crippen LogP) is 6.23. The van der Waals surface area contributed by atoms with E-state index in [1.54, 1.807) is 23.5 Å². The number of carbonyl (C=O) groups is 1. The van der Waals surface area contributed by atoms with Gasteiger partial charge in [-0.15, -0.1) is 11.3 Å². The number of aromatic nitrogens is 1. The summed E-state index contributed by atoms with van der Waals surface area (Å²) in [6.45, 7) is 7.70. The number of ether oxygens (including phenoxy) is 1. The van der Waals surface area contributed by atoms with Crippen LogP contribution in [0.25, 0.3) is 11.3 Å². The third-order valence-electron chi connectivity index (χ3n) is 4.58. The van der Waals surface area contributed by atoms with Gasteiger partial charge in [0, 0.05) is 21.5 Å². The number of unbranched alkanes of at least 4 members (excludes halogenated alkanes) is 1. The van der Waals surface area contributed by atoms with E-state index in [4.69, 9.17) is 4.74 Å². The zero-order chi connectivity index (χ0) is 20.8. The molecule has 152 valence electrons. The summed E-state index contributed by atoms with van der Waals surface area (Å²) >= 11 is 5.03. The summed E-state index contributed by atoms with van der Waals surface area (Å²) in [7, 11) is 0. The maximum absolute atomic E-state index is 12.7. The van der Waals surface area contributed by atoms with Crippen LogP contribution in [0.2, 0.25) is 0 Å². The van der Waals surface area contributed by atoms with E-state index in [0.717, 1.165) is 50.5 Å². The second kappa shape index (κ2) is 10.0. The Labute approximate surface area is 184 Å². The van der Waals surface area contributed by atoms with Crippen LogP contribution >= 0.6 is 27.3 Å². The second-order valence-electron chi connectivity index (χ2n) is 6.68. The summed E-state index contributed by atoms with van der Waals surface area (Å²) in [5.41, 5.74) is 2.79. The van der Waals surface area contributed by atoms with Gasteiger partial charge in [-0.1, -0.05) is 41.4 Å². The Hall–Kier alpha value is -2.18. The lowest BCUT2D eigenvalue weighted by Crippen LogP contribution is -2.17. The second-order valence-corrected chi connectivity index (χ2v) is 8.78. The third kappa shape index (κ3) is 5.25. The number of rotatable bonds is 7. The van der Waals surface area contributed by atoms with Crippen LogP contribution in [-0.2, 0) is 6.54 Å². The minimum absolute atomic E-state index is 0.240. The predicted molar refractivity (Wildman–Crippen MR) is 123 cm³/mol. The molecule has 3 rings (SSSR count). The minimum Gasteiger partial charge on any atom is -0.494 e. The van der Waals surface area contributed by atoms with Crippen molar-refractivity contribution in [2.24, 2.45) is 4.99 Å². The fraction of sp³-hybridized carbons (Fsp3) is 0.304. The third-order valence-corrected chi connectivity index (χ3v) is 6.10. The lowest BCUT2D eigenvalue weighted by molar-refractivity contribution is 0.0998. The van der Waals surface area contributed by atoms with Crippen LogP contribution in [0.15, 0.2) is 58.0 Å². The van der Waals surface area contributed by atoms with E-state index in [9.17, 15) is 4.79 Å². The molecule has 0 aliphatic rings. The van der Waals surface area contributed by atoms with Gasteiger partial charge in [0.1, 0.15) is 5.75 Å². The highest BCUT2D eigenvalue weighted by atomic mass is 79.9. The van der Waals surface area contributed by atoms with Gasteiger partial charge in [-0.2, -0.15) is 4.99 Å². The monoisotopic (exact) mass is 472 g/mol. The van der Waals surface area contributed by atoms with E-state index < -0.39 is 0 Å². The maximum Gasteiger partial charge on any atom is 0.279 e. The lowest BCUT2D eigenvalue weighted by atomic mass is 10.1. The van der Waals surface area contributed by atoms with Crippen molar-refractivity contribution in [1.29, 1.82) is 0 Å². The highest BCUT2D eigenvalue weighted by Gasteiger charge is 2.13. The fourth-order valence-corrected chi connectivity index (χ4v) is 4.37. The van der Waals surface area contributed by atoms with Crippen LogP contribution in [0.5, 0.6) is 5.75 Å². The Kier molecular flexibility index (Phi) is 7.45. The number of hydrogen-bond donors (Lipinski definition) is 0. The number of amides is 1. The Balaban J connectivity index is 1.89. The Bertz CT molecular complexity index is 1030. The summed E-state index contributed by atoms with van der Waals surface area (Å²) in [5.74, 6) is 0.541. The Morgan fingerprint density at radius 1 is 1.10 bits per heavy atom. The lowest BCUT2D eigenvalue weighted by Gasteiger charge is -2.08. The van der Waals surface area contributed by atoms with Crippen LogP contribution in [0, 0.1) is 6.92 Å². The molecule has 0 fully saturated rings. The molecule has 0 N–H and O–H groups in total. The van der Waals surface area contributed by atoms with Crippen molar-refractivity contribution in [1.82, 2.24) is 4.57 Å². The topological polar surface area (TPSA) is 43.6 Å². The number of hydrogen-bond acceptors (Lipinski definition) is 3. The number of carbonyl (C=O) groups excluding carboxylic acids is 1. The van der Waals surface area contributed by atoms with Crippen LogP contribution < -0.4 is 9.54 Å². The molecule has 1 amide bonds. The highest BCUT2D eigenvalue weighted by Crippen LogP contribution is 2.26. The van der Waals surface area contributed by atoms with E-state index in [0.29, 0.717) is 12.2 Å². The van der Waals surface area contributed by atoms with Gasteiger partial charge >= 0.3 is 0 Å². The molecule has 0 unspecified atom stereocenters. The molecule has 6 heteroatoms. The molecule has 0 atom stereocenters. The van der Waals surface area contributed by atoms with Crippen molar-refractivity contribution < 1.29 is 9.53 Å². The van der Waals surface area contributed by atoms with E-state index >= 15 is 0 Å². The number of benzene rings is 2. The summed E-state index contributed by atoms with van der Waals surface area (Å²) in [6.07, 6.45) is 2.11. The van der Waals surface area contributed by atoms with Crippen molar-refractivity contribution in [2.75, 3.05) is 6.61 Å². The standard InChI is InChI=1S/C23H25BrN2O2S/c1-4-6-15-28-20-13-9-18(10-14-20)22(27)25-23-26(5-2)21(16(3)29-23)17-7-11-19(24)12-8-17/h7-14H,4-6,15H2,1-3H3. The van der Waals surface area contributed by atoms with Crippen LogP contribution in [0.1, 0.15) is 41.9 Å². The normalized spacial score (nSPS) is 11.7. The maximum atomic E-state index is 12.7. The number of thiazole rings is 1. The average Bonchev–Trinajstić information content (AvgIpc) is 3.04. The van der Waals surface area contributed by atoms with Crippen LogP contribution in [0.4, 0.5) is 0 Å². The van der Waals surface area contributed by atoms with Crippen LogP contribution in [0.3, 0.4) is 0 Å². The molecule has 4 nitrogen and oxygen atoms in total. The Morgan fingerprint density at radius 2 is 1.79 bits per heavy atom. The molecule has 2 aromatic carbocycles. The number of aryl methyl sites for hydroxylation is 1. The molecule has 0 spiro atoms. The summed E-state index contributed by atoms with van der Waals surface area (Å²) < 4.78 is 8.81. The fourth-order valence-electron chi connectivity index (χ4n) is 3.05. The molecule has 0 saturated heterocycles. The number of halogens is 1. The highest BCUT2D eigenvalue weighted by molar-refractivity contribution is 9.10. The van der Waals surface area contributed by atoms with Gasteiger partial charge in [0.05, 0.1) is 12.3 Å². The van der Waals surface area contributed by atoms with Gasteiger partial charge < -0.3 is 9.30 Å². The first-order valence-corrected chi connectivity index (χ1v) is 11.4. The van der Waals surface area contributed by atoms with Gasteiger partial charge in [-0.25, -0.2) is 0 Å². The molecular formula is C23H25BrN2O2S. The van der Waals surface area contributed by atoms with Gasteiger partial charge in [0.15, 0.2) is 4.80 Å². The molecule has 29 heavy (non-hydrogen) atoms. The molecule has 1 aromatic heterocycles. The van der Waals surface area contributed by atoms with Crippen molar-refractivity contribution in [3.05, 3.63) is 68.2 Å². The molecule has 0 aliphatic heterocycles. The molecule has 0 saturated carbocycles. The van der Waals surface area contributed by atoms with Crippen molar-refractivity contribution in [3.8, 4) is 17.0 Å². The first kappa shape index (κ1) is 21.5. The zero-order valence-corrected chi connectivity index (χ0v) is 19.3. The summed E-state index contributed by atoms with van der Waals surface area (Å²) in [6, 6.07) is 15.4. The Morgan fingerprint density at radius 3 is 2.41 bits per heavy atom. The minimum atomic E-state index is -0.240. The largest absolute Gasteiger partial charge is 0.494 e. The molecule has 3 aromatic rings. The van der Waals surface area contributed by atoms with Gasteiger partial charge in [0.25, 0.3) is 5.91 Å². The molecule has 0 aliphatic carbocycles. The van der Waals surface area contributed by atoms with Gasteiger partial charge in [-0.3, -0.25) is 4.79 Å². The van der Waals surface area contributed by atoms with Gasteiger partial charge in [0.2, 0.25) is 0 Å². The van der Waals surface area contributed by atoms with Gasteiger partial charge in [-0.05, 0) is 62.2 Å². The molecule has 0 radical (unpaired) electrons. The van der Waals surface area contributed by atoms with Crippen molar-refractivity contribution in [3.63, 3.8) is 0 Å². The molecule has 1 heterocycles. The molecular weight excluding hydrogens is 448 g/mol. The molecule has 0 bridgehead atoms. The van der Waals surface area contributed by atoms with E-state index in [2.05, 4.69) is 58.4 Å². The van der Waals surface area contributed by atoms with Crippen LogP contribution in [-0.4, -0.2) is 17.1 Å². The summed E-state index contributed by atoms with van der Waals surface area (Å²) in [4.78, 5) is 19.0. The first-order valence-electron chi connectivity index (χ1n) is 9.81. The first-order chi connectivity index (χ1) is 14.0. The van der Waals surface area contributed by atoms with Crippen molar-refractivity contribution >= 4 is 33.2 Å². The SMILES string of the molecule is CCCCOc1ccc(C(=O)N=c2sc(C)c(-c3ccc(Br)cc3)n2CC)cc1. The van der Waals surface area contributed by atoms with E-state index in [1.165, 1.54) is 0 Å². The van der Waals surface area contributed by atoms with E-state index in [-0.39, 0.29) is 5.91 Å². The smallest absolute Gasteiger partial charge is 0.279 e. The van der Waals surface area contributed by atoms with Crippen molar-refractivity contribution in [2.45, 2.75) is 40.2 Å². The quantitative estimate of drug-likeness (QED) is 0.382.